The predicted molar refractivity (Wildman–Crippen MR) is 132 cm³/mol. The Hall–Kier alpha value is -1.45. The average molecular weight is 469 g/mol. The second-order valence-electron chi connectivity index (χ2n) is 14.7. The number of ketones is 2. The number of carboxylic acids is 1. The van der Waals surface area contributed by atoms with Crippen molar-refractivity contribution in [1.29, 1.82) is 0 Å². The number of fused-ring (bicyclic) bond motifs is 7. The minimum Gasteiger partial charge on any atom is -0.481 e. The molecule has 34 heavy (non-hydrogen) atoms. The van der Waals surface area contributed by atoms with Gasteiger partial charge in [-0.15, -0.1) is 0 Å². The molecule has 0 aromatic rings. The van der Waals surface area contributed by atoms with E-state index in [0.29, 0.717) is 18.6 Å². The fraction of sp³-hybridized carbons (Fsp3) is 0.833. The van der Waals surface area contributed by atoms with Crippen LogP contribution in [0.1, 0.15) is 106 Å². The van der Waals surface area contributed by atoms with Gasteiger partial charge in [0.1, 0.15) is 5.78 Å². The molecule has 0 aromatic carbocycles. The minimum absolute atomic E-state index is 0.0707. The van der Waals surface area contributed by atoms with Crippen LogP contribution in [0.25, 0.3) is 0 Å². The van der Waals surface area contributed by atoms with E-state index in [4.69, 9.17) is 0 Å². The van der Waals surface area contributed by atoms with Crippen LogP contribution in [0.15, 0.2) is 11.6 Å². The maximum atomic E-state index is 14.2. The first-order chi connectivity index (χ1) is 15.6. The van der Waals surface area contributed by atoms with E-state index in [0.717, 1.165) is 44.9 Å². The Balaban J connectivity index is 1.63. The number of carbonyl (C=O) groups excluding carboxylic acids is 2. The summed E-state index contributed by atoms with van der Waals surface area (Å²) < 4.78 is 0. The molecule has 0 aromatic heterocycles. The van der Waals surface area contributed by atoms with Gasteiger partial charge in [-0.2, -0.15) is 0 Å². The number of hydrogen-bond donors (Lipinski definition) is 1. The Kier molecular flexibility index (Phi) is 4.89. The van der Waals surface area contributed by atoms with Crippen molar-refractivity contribution in [3.05, 3.63) is 11.6 Å². The van der Waals surface area contributed by atoms with Crippen LogP contribution in [0.3, 0.4) is 0 Å². The molecule has 0 saturated heterocycles. The Labute approximate surface area is 205 Å². The van der Waals surface area contributed by atoms with Gasteiger partial charge in [-0.05, 0) is 97.9 Å². The first-order valence-corrected chi connectivity index (χ1v) is 13.6. The van der Waals surface area contributed by atoms with Crippen LogP contribution in [-0.2, 0) is 14.4 Å². The molecule has 4 fully saturated rings. The van der Waals surface area contributed by atoms with E-state index >= 15 is 0 Å². The van der Waals surface area contributed by atoms with Crippen LogP contribution in [0.4, 0.5) is 0 Å². The zero-order valence-corrected chi connectivity index (χ0v) is 22.3. The van der Waals surface area contributed by atoms with Crippen LogP contribution < -0.4 is 0 Å². The normalized spacial score (nSPS) is 52.0. The third kappa shape index (κ3) is 2.75. The number of allylic oxidation sites excluding steroid dienone is 2. The van der Waals surface area contributed by atoms with Crippen molar-refractivity contribution in [3.8, 4) is 0 Å². The molecule has 0 heterocycles. The highest BCUT2D eigenvalue weighted by Crippen LogP contribution is 2.74. The van der Waals surface area contributed by atoms with Gasteiger partial charge < -0.3 is 5.11 Å². The standard InChI is InChI=1S/C30H44O4/c1-25(2)21-8-11-30(7)23(28(21,5)10-9-22(25)32)20(31)16-18-19-17-27(4,24(33)34)13-12-26(19,3)14-15-29(18,30)6/h16,19,21,23H,8-15,17H2,1-7H3,(H,33,34)/t19-,21+,23?,26-,27+,28+,29-,30-/m1/s1. The van der Waals surface area contributed by atoms with Gasteiger partial charge in [0.2, 0.25) is 0 Å². The number of Topliss-reactive ketones (excluding diaryl/α,β-unsaturated/α-hetero) is 1. The van der Waals surface area contributed by atoms with E-state index < -0.39 is 11.4 Å². The maximum Gasteiger partial charge on any atom is 0.309 e. The van der Waals surface area contributed by atoms with E-state index in [1.807, 2.05) is 13.0 Å². The van der Waals surface area contributed by atoms with E-state index in [1.165, 1.54) is 5.57 Å². The monoisotopic (exact) mass is 468 g/mol. The molecular weight excluding hydrogens is 424 g/mol. The van der Waals surface area contributed by atoms with Crippen molar-refractivity contribution in [2.45, 2.75) is 106 Å². The molecular formula is C30H44O4. The molecule has 5 aliphatic carbocycles. The molecule has 0 aliphatic heterocycles. The highest BCUT2D eigenvalue weighted by Gasteiger charge is 2.70. The summed E-state index contributed by atoms with van der Waals surface area (Å²) in [5.74, 6) is 0.222. The van der Waals surface area contributed by atoms with Crippen molar-refractivity contribution >= 4 is 17.5 Å². The summed E-state index contributed by atoms with van der Waals surface area (Å²) in [5, 5.41) is 10.0. The lowest BCUT2D eigenvalue weighted by atomic mass is 9.33. The topological polar surface area (TPSA) is 71.4 Å². The van der Waals surface area contributed by atoms with Gasteiger partial charge in [-0.1, -0.05) is 47.1 Å². The molecule has 0 bridgehead atoms. The first kappa shape index (κ1) is 24.3. The van der Waals surface area contributed by atoms with Gasteiger partial charge in [-0.25, -0.2) is 0 Å². The molecule has 188 valence electrons. The number of carbonyl (C=O) groups is 3. The molecule has 1 unspecified atom stereocenters. The molecule has 0 spiro atoms. The fourth-order valence-corrected chi connectivity index (χ4v) is 10.2. The lowest BCUT2D eigenvalue weighted by molar-refractivity contribution is -0.188. The van der Waals surface area contributed by atoms with Crippen LogP contribution in [0, 0.1) is 50.2 Å². The lowest BCUT2D eigenvalue weighted by Crippen LogP contribution is -2.66. The highest BCUT2D eigenvalue weighted by molar-refractivity contribution is 5.96. The van der Waals surface area contributed by atoms with Crippen molar-refractivity contribution < 1.29 is 19.5 Å². The number of hydrogen-bond acceptors (Lipinski definition) is 3. The highest BCUT2D eigenvalue weighted by atomic mass is 16.4. The van der Waals surface area contributed by atoms with Crippen molar-refractivity contribution in [2.24, 2.45) is 50.2 Å². The second kappa shape index (κ2) is 6.85. The van der Waals surface area contributed by atoms with Gasteiger partial charge in [0.05, 0.1) is 5.41 Å². The molecule has 4 heteroatoms. The summed E-state index contributed by atoms with van der Waals surface area (Å²) in [4.78, 5) is 39.3. The predicted octanol–water partition coefficient (Wildman–Crippen LogP) is 6.62. The number of rotatable bonds is 1. The van der Waals surface area contributed by atoms with Gasteiger partial charge >= 0.3 is 5.97 Å². The largest absolute Gasteiger partial charge is 0.481 e. The zero-order valence-electron chi connectivity index (χ0n) is 22.3. The molecule has 5 aliphatic rings. The van der Waals surface area contributed by atoms with E-state index in [1.54, 1.807) is 0 Å². The van der Waals surface area contributed by atoms with E-state index in [9.17, 15) is 19.5 Å². The average Bonchev–Trinajstić information content (AvgIpc) is 2.73. The minimum atomic E-state index is -0.721. The zero-order chi connectivity index (χ0) is 25.1. The molecule has 4 saturated carbocycles. The smallest absolute Gasteiger partial charge is 0.309 e. The van der Waals surface area contributed by atoms with Gasteiger partial charge in [0, 0.05) is 17.8 Å². The van der Waals surface area contributed by atoms with Gasteiger partial charge in [0.25, 0.3) is 0 Å². The lowest BCUT2D eigenvalue weighted by Gasteiger charge is -2.69. The summed E-state index contributed by atoms with van der Waals surface area (Å²) in [7, 11) is 0. The van der Waals surface area contributed by atoms with Crippen LogP contribution in [0.2, 0.25) is 0 Å². The number of carboxylic acid groups (broad SMARTS) is 1. The van der Waals surface area contributed by atoms with Crippen LogP contribution in [0.5, 0.6) is 0 Å². The Morgan fingerprint density at radius 1 is 0.912 bits per heavy atom. The van der Waals surface area contributed by atoms with Crippen LogP contribution >= 0.6 is 0 Å². The third-order valence-electron chi connectivity index (χ3n) is 12.8. The van der Waals surface area contributed by atoms with E-state index in [2.05, 4.69) is 41.5 Å². The molecule has 8 atom stereocenters. The summed E-state index contributed by atoms with van der Waals surface area (Å²) in [6.45, 7) is 15.5. The summed E-state index contributed by atoms with van der Waals surface area (Å²) in [5.41, 5.74) is -0.205. The van der Waals surface area contributed by atoms with Crippen LogP contribution in [-0.4, -0.2) is 22.6 Å². The molecule has 1 N–H and O–H groups in total. The molecule has 0 amide bonds. The fourth-order valence-electron chi connectivity index (χ4n) is 10.2. The van der Waals surface area contributed by atoms with Gasteiger partial charge in [0.15, 0.2) is 5.78 Å². The van der Waals surface area contributed by atoms with Crippen molar-refractivity contribution in [2.75, 3.05) is 0 Å². The first-order valence-electron chi connectivity index (χ1n) is 13.6. The Bertz CT molecular complexity index is 1010. The molecule has 5 rings (SSSR count). The summed E-state index contributed by atoms with van der Waals surface area (Å²) in [6, 6.07) is 0. The SMILES string of the molecule is CC1(C)C(=O)CC[C@]2(C)C3C(=O)C=C4[C@H]5C[C@@](C)(C(=O)O)CC[C@]5(C)CC[C@@]4(C)[C@]3(C)CC[C@@H]12. The van der Waals surface area contributed by atoms with Crippen molar-refractivity contribution in [3.63, 3.8) is 0 Å². The summed E-state index contributed by atoms with van der Waals surface area (Å²) >= 11 is 0. The second-order valence-corrected chi connectivity index (χ2v) is 14.7. The van der Waals surface area contributed by atoms with E-state index in [-0.39, 0.29) is 50.6 Å². The summed E-state index contributed by atoms with van der Waals surface area (Å²) in [6.07, 6.45) is 9.78. The van der Waals surface area contributed by atoms with Crippen molar-refractivity contribution in [1.82, 2.24) is 0 Å². The molecule has 0 radical (unpaired) electrons. The quantitative estimate of drug-likeness (QED) is 0.469. The molecule has 4 nitrogen and oxygen atoms in total. The Morgan fingerprint density at radius 3 is 2.21 bits per heavy atom. The third-order valence-corrected chi connectivity index (χ3v) is 12.8. The Morgan fingerprint density at radius 2 is 1.56 bits per heavy atom. The number of aliphatic carboxylic acids is 1. The maximum absolute atomic E-state index is 14.2. The van der Waals surface area contributed by atoms with Gasteiger partial charge in [-0.3, -0.25) is 14.4 Å².